The van der Waals surface area contributed by atoms with E-state index in [9.17, 15) is 4.79 Å². The van der Waals surface area contributed by atoms with Gasteiger partial charge in [0.05, 0.1) is 5.41 Å². The predicted octanol–water partition coefficient (Wildman–Crippen LogP) is 8.25. The molecule has 4 heteroatoms. The van der Waals surface area contributed by atoms with Crippen LogP contribution in [0.1, 0.15) is 38.5 Å². The minimum absolute atomic E-state index is 0.0443. The maximum Gasteiger partial charge on any atom is 0.323 e. The van der Waals surface area contributed by atoms with Crippen LogP contribution >= 0.6 is 32.9 Å². The minimum atomic E-state index is -2.20. The molecule has 4 saturated carbocycles. The van der Waals surface area contributed by atoms with Crippen molar-refractivity contribution in [3.8, 4) is 0 Å². The Morgan fingerprint density at radius 1 is 0.697 bits per heavy atom. The van der Waals surface area contributed by atoms with Gasteiger partial charge >= 0.3 is 5.97 Å². The molecule has 0 atom stereocenters. The molecule has 7 rings (SSSR count). The third kappa shape index (κ3) is 3.74. The standard InChI is InChI=1S/C29H29IO2S/c30-24-11-13-27(14-12-24)33(25-7-3-1-4-8-25,26-9-5-2-6-10-26)32-28(31)29-18-21-15-22(19-29)17-23(16-21)20-29/h1-14,21-23H,15-20H2. The summed E-state index contributed by atoms with van der Waals surface area (Å²) in [6.45, 7) is 0. The molecule has 4 fully saturated rings. The molecule has 0 spiro atoms. The van der Waals surface area contributed by atoms with Crippen LogP contribution in [0.15, 0.2) is 99.6 Å². The normalized spacial score (nSPS) is 28.5. The second-order valence-electron chi connectivity index (χ2n) is 10.2. The summed E-state index contributed by atoms with van der Waals surface area (Å²) in [4.78, 5) is 17.5. The molecule has 0 N–H and O–H groups in total. The topological polar surface area (TPSA) is 26.3 Å². The van der Waals surface area contributed by atoms with Crippen LogP contribution in [-0.2, 0) is 8.98 Å². The monoisotopic (exact) mass is 568 g/mol. The largest absolute Gasteiger partial charge is 0.402 e. The molecule has 0 unspecified atom stereocenters. The van der Waals surface area contributed by atoms with E-state index in [0.29, 0.717) is 17.8 Å². The summed E-state index contributed by atoms with van der Waals surface area (Å²) >= 11 is 2.34. The highest BCUT2D eigenvalue weighted by Gasteiger charge is 2.56. The molecule has 4 aliphatic rings. The Balaban J connectivity index is 1.50. The van der Waals surface area contributed by atoms with Crippen LogP contribution in [0.3, 0.4) is 0 Å². The highest BCUT2D eigenvalue weighted by atomic mass is 127. The van der Waals surface area contributed by atoms with E-state index in [1.165, 1.54) is 22.8 Å². The van der Waals surface area contributed by atoms with Gasteiger partial charge in [0.2, 0.25) is 0 Å². The van der Waals surface area contributed by atoms with Crippen molar-refractivity contribution in [2.24, 2.45) is 23.2 Å². The number of halogens is 1. The molecule has 0 heterocycles. The summed E-state index contributed by atoms with van der Waals surface area (Å²) in [6, 6.07) is 29.4. The van der Waals surface area contributed by atoms with Crippen LogP contribution in [0, 0.1) is 26.7 Å². The van der Waals surface area contributed by atoms with E-state index in [0.717, 1.165) is 33.9 Å². The molecule has 0 aromatic heterocycles. The van der Waals surface area contributed by atoms with Crippen LogP contribution in [0.2, 0.25) is 0 Å². The Kier molecular flexibility index (Phi) is 5.57. The predicted molar refractivity (Wildman–Crippen MR) is 141 cm³/mol. The number of hydrogen-bond acceptors (Lipinski definition) is 2. The third-order valence-electron chi connectivity index (χ3n) is 7.97. The molecule has 0 saturated heterocycles. The van der Waals surface area contributed by atoms with E-state index >= 15 is 0 Å². The van der Waals surface area contributed by atoms with Crippen molar-refractivity contribution < 1.29 is 8.98 Å². The zero-order chi connectivity index (χ0) is 22.5. The molecular formula is C29H29IO2S. The average molecular weight is 569 g/mol. The first-order valence-corrected chi connectivity index (χ1v) is 14.6. The van der Waals surface area contributed by atoms with Crippen LogP contribution in [0.25, 0.3) is 0 Å². The van der Waals surface area contributed by atoms with Crippen LogP contribution in [0.5, 0.6) is 0 Å². The van der Waals surface area contributed by atoms with Gasteiger partial charge in [-0.2, -0.15) is 0 Å². The Bertz CT molecular complexity index is 1070. The highest BCUT2D eigenvalue weighted by Crippen LogP contribution is 2.71. The van der Waals surface area contributed by atoms with Crippen LogP contribution < -0.4 is 0 Å². The van der Waals surface area contributed by atoms with E-state index in [1.54, 1.807) is 0 Å². The van der Waals surface area contributed by atoms with Gasteiger partial charge in [0.25, 0.3) is 0 Å². The van der Waals surface area contributed by atoms with E-state index in [2.05, 4.69) is 95.4 Å². The van der Waals surface area contributed by atoms with Crippen molar-refractivity contribution in [1.82, 2.24) is 0 Å². The number of carbonyl (C=O) groups excluding carboxylic acids is 1. The summed E-state index contributed by atoms with van der Waals surface area (Å²) in [5.74, 6) is 2.17. The molecular weight excluding hydrogens is 539 g/mol. The van der Waals surface area contributed by atoms with Crippen LogP contribution in [-0.4, -0.2) is 5.97 Å². The van der Waals surface area contributed by atoms with Gasteiger partial charge < -0.3 is 4.18 Å². The van der Waals surface area contributed by atoms with Crippen molar-refractivity contribution in [3.05, 3.63) is 88.5 Å². The lowest BCUT2D eigenvalue weighted by molar-refractivity contribution is -0.160. The molecule has 0 amide bonds. The van der Waals surface area contributed by atoms with Gasteiger partial charge in [0.1, 0.15) is 0 Å². The number of rotatable bonds is 5. The Hall–Kier alpha value is -1.79. The van der Waals surface area contributed by atoms with Gasteiger partial charge in [0, 0.05) is 18.3 Å². The maximum absolute atomic E-state index is 14.3. The van der Waals surface area contributed by atoms with E-state index < -0.39 is 10.3 Å². The van der Waals surface area contributed by atoms with E-state index in [4.69, 9.17) is 4.18 Å². The Morgan fingerprint density at radius 3 is 1.58 bits per heavy atom. The Morgan fingerprint density at radius 2 is 1.12 bits per heavy atom. The average Bonchev–Trinajstić information content (AvgIpc) is 2.83. The fraction of sp³-hybridized carbons (Fsp3) is 0.345. The van der Waals surface area contributed by atoms with Gasteiger partial charge in [-0.15, -0.1) is 0 Å². The lowest BCUT2D eigenvalue weighted by Gasteiger charge is -2.56. The summed E-state index contributed by atoms with van der Waals surface area (Å²) < 4.78 is 8.14. The minimum Gasteiger partial charge on any atom is -0.402 e. The first-order valence-electron chi connectivity index (χ1n) is 12.0. The fourth-order valence-corrected chi connectivity index (χ4v) is 10.4. The molecule has 0 aliphatic heterocycles. The van der Waals surface area contributed by atoms with Gasteiger partial charge in [-0.05, 0) is 138 Å². The fourth-order valence-electron chi connectivity index (χ4n) is 6.97. The van der Waals surface area contributed by atoms with Gasteiger partial charge in [0.15, 0.2) is 0 Å². The molecule has 2 nitrogen and oxygen atoms in total. The molecule has 3 aromatic carbocycles. The number of carbonyl (C=O) groups is 1. The zero-order valence-electron chi connectivity index (χ0n) is 18.7. The highest BCUT2D eigenvalue weighted by molar-refractivity contribution is 14.1. The van der Waals surface area contributed by atoms with Gasteiger partial charge in [-0.1, -0.05) is 36.4 Å². The van der Waals surface area contributed by atoms with Crippen molar-refractivity contribution in [2.75, 3.05) is 0 Å². The van der Waals surface area contributed by atoms with Gasteiger partial charge in [-0.3, -0.25) is 4.79 Å². The molecule has 170 valence electrons. The smallest absolute Gasteiger partial charge is 0.323 e. The first-order chi connectivity index (χ1) is 16.1. The molecule has 4 aliphatic carbocycles. The quantitative estimate of drug-likeness (QED) is 0.290. The molecule has 0 radical (unpaired) electrons. The van der Waals surface area contributed by atoms with Crippen molar-refractivity contribution >= 4 is 38.9 Å². The number of hydrogen-bond donors (Lipinski definition) is 0. The van der Waals surface area contributed by atoms with Crippen molar-refractivity contribution in [1.29, 1.82) is 0 Å². The van der Waals surface area contributed by atoms with E-state index in [-0.39, 0.29) is 11.4 Å². The molecule has 3 aromatic rings. The third-order valence-corrected chi connectivity index (χ3v) is 11.9. The van der Waals surface area contributed by atoms with Crippen molar-refractivity contribution in [3.63, 3.8) is 0 Å². The first kappa shape index (κ1) is 21.7. The van der Waals surface area contributed by atoms with E-state index in [1.807, 2.05) is 12.1 Å². The van der Waals surface area contributed by atoms with Gasteiger partial charge in [-0.25, -0.2) is 0 Å². The second kappa shape index (κ2) is 8.46. The summed E-state index contributed by atoms with van der Waals surface area (Å²) in [6.07, 6.45) is 7.01. The Labute approximate surface area is 211 Å². The lowest BCUT2D eigenvalue weighted by Crippen LogP contribution is -2.50. The maximum atomic E-state index is 14.3. The zero-order valence-corrected chi connectivity index (χ0v) is 21.6. The molecule has 4 bridgehead atoms. The number of benzene rings is 3. The molecule has 33 heavy (non-hydrogen) atoms. The summed E-state index contributed by atoms with van der Waals surface area (Å²) in [7, 11) is -2.20. The SMILES string of the molecule is O=C(OS(c1ccccc1)(c1ccccc1)c1ccc(I)cc1)C12CC3CC(CC(C3)C1)C2. The van der Waals surface area contributed by atoms with Crippen LogP contribution in [0.4, 0.5) is 0 Å². The summed E-state index contributed by atoms with van der Waals surface area (Å²) in [5, 5.41) is 0. The lowest BCUT2D eigenvalue weighted by atomic mass is 9.49. The second-order valence-corrected chi connectivity index (χ2v) is 14.1. The van der Waals surface area contributed by atoms with Crippen molar-refractivity contribution in [2.45, 2.75) is 53.2 Å². The summed E-state index contributed by atoms with van der Waals surface area (Å²) in [5.41, 5.74) is -0.292.